The first-order valence-electron chi connectivity index (χ1n) is 5.64. The molecule has 0 saturated carbocycles. The molecule has 1 fully saturated rings. The lowest BCUT2D eigenvalue weighted by Gasteiger charge is -2.31. The highest BCUT2D eigenvalue weighted by atomic mass is 16.5. The molecule has 0 bridgehead atoms. The van der Waals surface area contributed by atoms with Crippen LogP contribution in [0.3, 0.4) is 0 Å². The molecule has 0 atom stereocenters. The van der Waals surface area contributed by atoms with Crippen molar-refractivity contribution in [1.29, 1.82) is 0 Å². The summed E-state index contributed by atoms with van der Waals surface area (Å²) in [7, 11) is 0. The lowest BCUT2D eigenvalue weighted by atomic mass is 10.1. The van der Waals surface area contributed by atoms with Crippen LogP contribution in [0.4, 0.5) is 0 Å². The predicted molar refractivity (Wildman–Crippen MR) is 59.2 cm³/mol. The standard InChI is InChI=1S/C11H17N3O2/c15-8-7-14-5-1-10(2-6-14)16-11-9-12-3-4-13-11/h3-4,9-10,15H,1-2,5-8H2. The highest BCUT2D eigenvalue weighted by Crippen LogP contribution is 2.15. The third kappa shape index (κ3) is 3.15. The zero-order valence-electron chi connectivity index (χ0n) is 9.25. The highest BCUT2D eigenvalue weighted by Gasteiger charge is 2.20. The van der Waals surface area contributed by atoms with Gasteiger partial charge in [-0.1, -0.05) is 0 Å². The van der Waals surface area contributed by atoms with E-state index in [1.807, 2.05) is 0 Å². The van der Waals surface area contributed by atoms with E-state index >= 15 is 0 Å². The van der Waals surface area contributed by atoms with E-state index in [2.05, 4.69) is 14.9 Å². The first-order chi connectivity index (χ1) is 7.88. The van der Waals surface area contributed by atoms with E-state index in [1.165, 1.54) is 0 Å². The highest BCUT2D eigenvalue weighted by molar-refractivity contribution is 5.02. The topological polar surface area (TPSA) is 58.5 Å². The second-order valence-corrected chi connectivity index (χ2v) is 3.93. The van der Waals surface area contributed by atoms with Gasteiger partial charge in [0.15, 0.2) is 0 Å². The summed E-state index contributed by atoms with van der Waals surface area (Å²) in [4.78, 5) is 10.3. The van der Waals surface area contributed by atoms with Crippen LogP contribution in [0.25, 0.3) is 0 Å². The summed E-state index contributed by atoms with van der Waals surface area (Å²) in [5, 5.41) is 8.83. The number of aliphatic hydroxyl groups is 1. The van der Waals surface area contributed by atoms with Crippen molar-refractivity contribution in [3.8, 4) is 5.88 Å². The maximum atomic E-state index is 8.83. The average Bonchev–Trinajstić information content (AvgIpc) is 2.33. The first-order valence-corrected chi connectivity index (χ1v) is 5.64. The molecule has 2 rings (SSSR count). The lowest BCUT2D eigenvalue weighted by Crippen LogP contribution is -2.39. The summed E-state index contributed by atoms with van der Waals surface area (Å²) in [6, 6.07) is 0. The molecule has 1 aliphatic rings. The molecule has 0 unspecified atom stereocenters. The van der Waals surface area contributed by atoms with Crippen molar-refractivity contribution in [2.24, 2.45) is 0 Å². The van der Waals surface area contributed by atoms with Crippen molar-refractivity contribution in [2.45, 2.75) is 18.9 Å². The van der Waals surface area contributed by atoms with Gasteiger partial charge in [0.05, 0.1) is 12.8 Å². The fourth-order valence-electron chi connectivity index (χ4n) is 1.91. The second kappa shape index (κ2) is 5.77. The van der Waals surface area contributed by atoms with Gasteiger partial charge in [-0.05, 0) is 12.8 Å². The van der Waals surface area contributed by atoms with Crippen LogP contribution in [0.1, 0.15) is 12.8 Å². The fraction of sp³-hybridized carbons (Fsp3) is 0.636. The molecule has 1 aromatic heterocycles. The molecular formula is C11H17N3O2. The van der Waals surface area contributed by atoms with Crippen LogP contribution in [-0.2, 0) is 0 Å². The van der Waals surface area contributed by atoms with Crippen LogP contribution in [0.2, 0.25) is 0 Å². The Hall–Kier alpha value is -1.20. The van der Waals surface area contributed by atoms with E-state index in [-0.39, 0.29) is 12.7 Å². The number of β-amino-alcohol motifs (C(OH)–C–C–N with tert-alkyl or cyclic N) is 1. The molecule has 1 saturated heterocycles. The third-order valence-corrected chi connectivity index (χ3v) is 2.78. The summed E-state index contributed by atoms with van der Waals surface area (Å²) in [5.74, 6) is 0.600. The monoisotopic (exact) mass is 223 g/mol. The van der Waals surface area contributed by atoms with Gasteiger partial charge in [-0.25, -0.2) is 4.98 Å². The van der Waals surface area contributed by atoms with Gasteiger partial charge in [0.2, 0.25) is 5.88 Å². The Balaban J connectivity index is 1.77. The van der Waals surface area contributed by atoms with E-state index in [1.54, 1.807) is 18.6 Å². The van der Waals surface area contributed by atoms with Crippen LogP contribution >= 0.6 is 0 Å². The van der Waals surface area contributed by atoms with Gasteiger partial charge in [0.1, 0.15) is 6.10 Å². The molecule has 1 N–H and O–H groups in total. The Bertz CT molecular complexity index is 299. The minimum atomic E-state index is 0.228. The molecule has 16 heavy (non-hydrogen) atoms. The van der Waals surface area contributed by atoms with Crippen molar-refractivity contribution in [1.82, 2.24) is 14.9 Å². The van der Waals surface area contributed by atoms with Crippen LogP contribution in [0.15, 0.2) is 18.6 Å². The normalized spacial score (nSPS) is 18.6. The summed E-state index contributed by atoms with van der Waals surface area (Å²) < 4.78 is 5.72. The second-order valence-electron chi connectivity index (χ2n) is 3.93. The molecule has 1 aromatic rings. The molecule has 5 heteroatoms. The molecule has 0 amide bonds. The number of ether oxygens (including phenoxy) is 1. The third-order valence-electron chi connectivity index (χ3n) is 2.78. The number of likely N-dealkylation sites (tertiary alicyclic amines) is 1. The van der Waals surface area contributed by atoms with E-state index in [0.717, 1.165) is 32.5 Å². The summed E-state index contributed by atoms with van der Waals surface area (Å²) in [6.45, 7) is 2.95. The van der Waals surface area contributed by atoms with Gasteiger partial charge in [0, 0.05) is 32.0 Å². The van der Waals surface area contributed by atoms with Crippen LogP contribution < -0.4 is 4.74 Å². The largest absolute Gasteiger partial charge is 0.473 e. The van der Waals surface area contributed by atoms with Gasteiger partial charge in [-0.2, -0.15) is 0 Å². The molecule has 0 aromatic carbocycles. The van der Waals surface area contributed by atoms with Crippen LogP contribution in [0, 0.1) is 0 Å². The smallest absolute Gasteiger partial charge is 0.232 e. The summed E-state index contributed by atoms with van der Waals surface area (Å²) in [6.07, 6.45) is 7.10. The number of aromatic nitrogens is 2. The molecule has 5 nitrogen and oxygen atoms in total. The molecule has 0 spiro atoms. The lowest BCUT2D eigenvalue weighted by molar-refractivity contribution is 0.0855. The molecular weight excluding hydrogens is 206 g/mol. The number of rotatable bonds is 4. The van der Waals surface area contributed by atoms with Crippen molar-refractivity contribution >= 4 is 0 Å². The molecule has 0 radical (unpaired) electrons. The molecule has 0 aliphatic carbocycles. The summed E-state index contributed by atoms with van der Waals surface area (Å²) >= 11 is 0. The molecule has 2 heterocycles. The minimum absolute atomic E-state index is 0.228. The fourth-order valence-corrected chi connectivity index (χ4v) is 1.91. The van der Waals surface area contributed by atoms with Crippen molar-refractivity contribution < 1.29 is 9.84 Å². The van der Waals surface area contributed by atoms with Gasteiger partial charge in [-0.3, -0.25) is 4.98 Å². The minimum Gasteiger partial charge on any atom is -0.473 e. The Morgan fingerprint density at radius 2 is 2.19 bits per heavy atom. The van der Waals surface area contributed by atoms with E-state index in [9.17, 15) is 0 Å². The quantitative estimate of drug-likeness (QED) is 0.796. The van der Waals surface area contributed by atoms with Gasteiger partial charge in [0.25, 0.3) is 0 Å². The maximum absolute atomic E-state index is 8.83. The first kappa shape index (κ1) is 11.3. The van der Waals surface area contributed by atoms with Crippen LogP contribution in [0.5, 0.6) is 5.88 Å². The molecule has 88 valence electrons. The Morgan fingerprint density at radius 3 is 2.81 bits per heavy atom. The number of hydrogen-bond acceptors (Lipinski definition) is 5. The Morgan fingerprint density at radius 1 is 1.38 bits per heavy atom. The zero-order chi connectivity index (χ0) is 11.2. The van der Waals surface area contributed by atoms with E-state index in [4.69, 9.17) is 9.84 Å². The van der Waals surface area contributed by atoms with Crippen molar-refractivity contribution in [3.05, 3.63) is 18.6 Å². The van der Waals surface area contributed by atoms with Gasteiger partial charge >= 0.3 is 0 Å². The SMILES string of the molecule is OCCN1CCC(Oc2cnccn2)CC1. The van der Waals surface area contributed by atoms with E-state index < -0.39 is 0 Å². The number of hydrogen-bond donors (Lipinski definition) is 1. The number of nitrogens with zero attached hydrogens (tertiary/aromatic N) is 3. The predicted octanol–water partition coefficient (Wildman–Crippen LogP) is 0.312. The Kier molecular flexibility index (Phi) is 4.07. The zero-order valence-corrected chi connectivity index (χ0v) is 9.25. The van der Waals surface area contributed by atoms with E-state index in [0.29, 0.717) is 5.88 Å². The maximum Gasteiger partial charge on any atom is 0.232 e. The van der Waals surface area contributed by atoms with Gasteiger partial charge < -0.3 is 14.7 Å². The van der Waals surface area contributed by atoms with Crippen molar-refractivity contribution in [3.63, 3.8) is 0 Å². The number of piperidine rings is 1. The van der Waals surface area contributed by atoms with Crippen LogP contribution in [-0.4, -0.2) is 52.3 Å². The summed E-state index contributed by atoms with van der Waals surface area (Å²) in [5.41, 5.74) is 0. The van der Waals surface area contributed by atoms with Gasteiger partial charge in [-0.15, -0.1) is 0 Å². The molecule has 1 aliphatic heterocycles. The van der Waals surface area contributed by atoms with Crippen molar-refractivity contribution in [2.75, 3.05) is 26.2 Å². The Labute approximate surface area is 95.1 Å². The average molecular weight is 223 g/mol. The number of aliphatic hydroxyl groups excluding tert-OH is 1.